The Kier molecular flexibility index (Phi) is 7.20. The highest BCUT2D eigenvalue weighted by Gasteiger charge is 2.05. The maximum absolute atomic E-state index is 12.9. The van der Waals surface area contributed by atoms with Gasteiger partial charge in [-0.25, -0.2) is 13.6 Å². The molecule has 7 heteroatoms. The number of hydrogen-bond donors (Lipinski definition) is 3. The molecule has 0 saturated carbocycles. The summed E-state index contributed by atoms with van der Waals surface area (Å²) >= 11 is 1.62. The molecule has 3 N–H and O–H groups in total. The highest BCUT2D eigenvalue weighted by atomic mass is 32.2. The first-order valence-electron chi connectivity index (χ1n) is 5.82. The number of amides is 2. The molecule has 0 aliphatic heterocycles. The minimum Gasteiger partial charge on any atom is -0.396 e. The third-order valence-electron chi connectivity index (χ3n) is 2.16. The Balaban J connectivity index is 2.21. The number of hydrogen-bond acceptors (Lipinski definition) is 3. The number of carbonyl (C=O) groups is 1. The number of thioether (sulfide) groups is 1. The van der Waals surface area contributed by atoms with Crippen LogP contribution in [0.15, 0.2) is 18.2 Å². The Labute approximate surface area is 114 Å². The first-order valence-corrected chi connectivity index (χ1v) is 6.97. The number of anilines is 1. The molecule has 2 amide bonds. The van der Waals surface area contributed by atoms with E-state index in [0.717, 1.165) is 30.1 Å². The molecule has 0 radical (unpaired) electrons. The summed E-state index contributed by atoms with van der Waals surface area (Å²) in [6.07, 6.45) is 0.728. The summed E-state index contributed by atoms with van der Waals surface area (Å²) in [5.41, 5.74) is 0.198. The van der Waals surface area contributed by atoms with Crippen molar-refractivity contribution in [2.24, 2.45) is 0 Å². The van der Waals surface area contributed by atoms with Gasteiger partial charge in [0.05, 0.1) is 0 Å². The van der Waals surface area contributed by atoms with E-state index in [2.05, 4.69) is 10.6 Å². The van der Waals surface area contributed by atoms with Gasteiger partial charge < -0.3 is 15.7 Å². The lowest BCUT2D eigenvalue weighted by Gasteiger charge is -2.07. The monoisotopic (exact) mass is 290 g/mol. The van der Waals surface area contributed by atoms with E-state index in [4.69, 9.17) is 5.11 Å². The molecule has 0 heterocycles. The van der Waals surface area contributed by atoms with Gasteiger partial charge in [0.25, 0.3) is 0 Å². The van der Waals surface area contributed by atoms with Gasteiger partial charge in [-0.1, -0.05) is 0 Å². The van der Waals surface area contributed by atoms with Crippen molar-refractivity contribution >= 4 is 23.5 Å². The summed E-state index contributed by atoms with van der Waals surface area (Å²) in [6, 6.07) is 2.70. The maximum atomic E-state index is 12.9. The molecule has 0 atom stereocenters. The van der Waals surface area contributed by atoms with Crippen LogP contribution in [0.4, 0.5) is 19.3 Å². The van der Waals surface area contributed by atoms with Crippen molar-refractivity contribution < 1.29 is 18.7 Å². The minimum absolute atomic E-state index is 0.164. The van der Waals surface area contributed by atoms with Crippen LogP contribution < -0.4 is 10.6 Å². The van der Waals surface area contributed by atoms with Gasteiger partial charge in [-0.05, 0) is 24.3 Å². The Morgan fingerprint density at radius 2 is 2.05 bits per heavy atom. The number of halogens is 2. The lowest BCUT2D eigenvalue weighted by Crippen LogP contribution is -2.30. The molecule has 1 aromatic rings. The number of carbonyl (C=O) groups excluding carboxylic acids is 1. The number of aliphatic hydroxyl groups is 1. The number of rotatable bonds is 7. The lowest BCUT2D eigenvalue weighted by atomic mass is 10.3. The molecule has 106 valence electrons. The third-order valence-corrected chi connectivity index (χ3v) is 3.23. The fraction of sp³-hybridized carbons (Fsp3) is 0.417. The number of benzene rings is 1. The van der Waals surface area contributed by atoms with Crippen LogP contribution >= 0.6 is 11.8 Å². The van der Waals surface area contributed by atoms with E-state index < -0.39 is 17.7 Å². The molecular weight excluding hydrogens is 274 g/mol. The summed E-state index contributed by atoms with van der Waals surface area (Å²) < 4.78 is 25.5. The number of aliphatic hydroxyl groups excluding tert-OH is 1. The summed E-state index contributed by atoms with van der Waals surface area (Å²) in [4.78, 5) is 11.4. The van der Waals surface area contributed by atoms with Gasteiger partial charge in [0.15, 0.2) is 11.6 Å². The molecule has 0 bridgehead atoms. The highest BCUT2D eigenvalue weighted by molar-refractivity contribution is 7.99. The van der Waals surface area contributed by atoms with Crippen LogP contribution in [0, 0.1) is 11.6 Å². The van der Waals surface area contributed by atoms with Crippen LogP contribution in [0.5, 0.6) is 0 Å². The van der Waals surface area contributed by atoms with Crippen molar-refractivity contribution in [3.8, 4) is 0 Å². The van der Waals surface area contributed by atoms with Gasteiger partial charge >= 0.3 is 6.03 Å². The van der Waals surface area contributed by atoms with Crippen molar-refractivity contribution in [2.75, 3.05) is 30.0 Å². The van der Waals surface area contributed by atoms with Crippen molar-refractivity contribution in [3.63, 3.8) is 0 Å². The SMILES string of the molecule is O=C(NCCSCCCO)Nc1ccc(F)c(F)c1. The van der Waals surface area contributed by atoms with Crippen LogP contribution in [0.2, 0.25) is 0 Å². The highest BCUT2D eigenvalue weighted by Crippen LogP contribution is 2.12. The van der Waals surface area contributed by atoms with Crippen molar-refractivity contribution in [1.82, 2.24) is 5.32 Å². The van der Waals surface area contributed by atoms with Gasteiger partial charge in [0.2, 0.25) is 0 Å². The average molecular weight is 290 g/mol. The third kappa shape index (κ3) is 6.40. The second-order valence-corrected chi connectivity index (χ2v) is 4.92. The van der Waals surface area contributed by atoms with Crippen LogP contribution in [-0.4, -0.2) is 35.8 Å². The summed E-state index contributed by atoms with van der Waals surface area (Å²) in [6.45, 7) is 0.628. The Hall–Kier alpha value is -1.34. The van der Waals surface area contributed by atoms with E-state index in [0.29, 0.717) is 6.54 Å². The Bertz CT molecular complexity index is 419. The zero-order valence-corrected chi connectivity index (χ0v) is 11.1. The molecule has 0 saturated heterocycles. The standard InChI is InChI=1S/C12H16F2N2O2S/c13-10-3-2-9(8-11(10)14)16-12(18)15-4-7-19-6-1-5-17/h2-3,8,17H,1,4-7H2,(H2,15,16,18). The Morgan fingerprint density at radius 3 is 2.74 bits per heavy atom. The average Bonchev–Trinajstić information content (AvgIpc) is 2.38. The summed E-state index contributed by atoms with van der Waals surface area (Å²) in [5, 5.41) is 13.6. The van der Waals surface area contributed by atoms with Crippen LogP contribution in [0.3, 0.4) is 0 Å². The maximum Gasteiger partial charge on any atom is 0.319 e. The van der Waals surface area contributed by atoms with Gasteiger partial charge in [0.1, 0.15) is 0 Å². The molecule has 0 unspecified atom stereocenters. The normalized spacial score (nSPS) is 10.3. The van der Waals surface area contributed by atoms with E-state index in [9.17, 15) is 13.6 Å². The minimum atomic E-state index is -1.00. The van der Waals surface area contributed by atoms with Gasteiger partial charge in [0, 0.05) is 30.7 Å². The fourth-order valence-corrected chi connectivity index (χ4v) is 2.04. The van der Waals surface area contributed by atoms with Gasteiger partial charge in [-0.3, -0.25) is 0 Å². The van der Waals surface area contributed by atoms with Crippen LogP contribution in [0.25, 0.3) is 0 Å². The van der Waals surface area contributed by atoms with E-state index in [1.165, 1.54) is 6.07 Å². The second-order valence-electron chi connectivity index (χ2n) is 3.70. The summed E-state index contributed by atoms with van der Waals surface area (Å²) in [7, 11) is 0. The Morgan fingerprint density at radius 1 is 1.26 bits per heavy atom. The summed E-state index contributed by atoms with van der Waals surface area (Å²) in [5.74, 6) is -0.391. The molecule has 19 heavy (non-hydrogen) atoms. The second kappa shape index (κ2) is 8.71. The van der Waals surface area contributed by atoms with Crippen LogP contribution in [-0.2, 0) is 0 Å². The smallest absolute Gasteiger partial charge is 0.319 e. The molecule has 0 fully saturated rings. The molecule has 0 aliphatic rings. The van der Waals surface area contributed by atoms with Gasteiger partial charge in [-0.15, -0.1) is 0 Å². The van der Waals surface area contributed by atoms with Crippen molar-refractivity contribution in [2.45, 2.75) is 6.42 Å². The van der Waals surface area contributed by atoms with E-state index in [1.807, 2.05) is 0 Å². The predicted octanol–water partition coefficient (Wildman–Crippen LogP) is 2.20. The fourth-order valence-electron chi connectivity index (χ4n) is 1.25. The quantitative estimate of drug-likeness (QED) is 0.675. The molecule has 1 aromatic carbocycles. The number of urea groups is 1. The molecule has 1 rings (SSSR count). The van der Waals surface area contributed by atoms with Gasteiger partial charge in [-0.2, -0.15) is 11.8 Å². The van der Waals surface area contributed by atoms with Crippen molar-refractivity contribution in [3.05, 3.63) is 29.8 Å². The van der Waals surface area contributed by atoms with Crippen molar-refractivity contribution in [1.29, 1.82) is 0 Å². The zero-order valence-electron chi connectivity index (χ0n) is 10.3. The largest absolute Gasteiger partial charge is 0.396 e. The number of nitrogens with one attached hydrogen (secondary N) is 2. The molecule has 0 aromatic heterocycles. The first-order chi connectivity index (χ1) is 9.13. The lowest BCUT2D eigenvalue weighted by molar-refractivity contribution is 0.252. The molecule has 4 nitrogen and oxygen atoms in total. The predicted molar refractivity (Wildman–Crippen MR) is 72.4 cm³/mol. The zero-order chi connectivity index (χ0) is 14.1. The topological polar surface area (TPSA) is 61.4 Å². The molecule has 0 spiro atoms. The van der Waals surface area contributed by atoms with E-state index in [-0.39, 0.29) is 12.3 Å². The first kappa shape index (κ1) is 15.7. The van der Waals surface area contributed by atoms with Crippen LogP contribution in [0.1, 0.15) is 6.42 Å². The van der Waals surface area contributed by atoms with E-state index >= 15 is 0 Å². The molecular formula is C12H16F2N2O2S. The molecule has 0 aliphatic carbocycles. The van der Waals surface area contributed by atoms with E-state index in [1.54, 1.807) is 11.8 Å².